The van der Waals surface area contributed by atoms with Crippen LogP contribution in [0.15, 0.2) is 103 Å². The van der Waals surface area contributed by atoms with Crippen molar-refractivity contribution in [1.82, 2.24) is 0 Å². The fourth-order valence-electron chi connectivity index (χ4n) is 9.08. The monoisotopic (exact) mass is 680 g/mol. The van der Waals surface area contributed by atoms with Crippen LogP contribution < -0.4 is 0 Å². The Hall–Kier alpha value is -4.42. The molecular weight excluding hydrogens is 625 g/mol. The van der Waals surface area contributed by atoms with Crippen molar-refractivity contribution in [3.8, 4) is 33.4 Å². The number of aryl methyl sites for hydroxylation is 1. The lowest BCUT2D eigenvalue weighted by molar-refractivity contribution is 0.481. The summed E-state index contributed by atoms with van der Waals surface area (Å²) in [5, 5.41) is 5.39. The van der Waals surface area contributed by atoms with Crippen LogP contribution in [0.3, 0.4) is 0 Å². The zero-order valence-electron chi connectivity index (χ0n) is 33.7. The van der Waals surface area contributed by atoms with Gasteiger partial charge in [0.15, 0.2) is 0 Å². The predicted molar refractivity (Wildman–Crippen MR) is 228 cm³/mol. The molecule has 264 valence electrons. The SMILES string of the molecule is CC(C)(C)C1=C(c2ccc3c(c2)-c2cccc4c(-c5c(C(C)(C)C)ccc6cc(C(C)(C)C)ccc56)ccc-3c24)c2ccc(C(C)(C)C)cc2CC1. The molecular formula is C52H56. The van der Waals surface area contributed by atoms with Crippen molar-refractivity contribution in [1.29, 1.82) is 0 Å². The van der Waals surface area contributed by atoms with Crippen molar-refractivity contribution in [3.63, 3.8) is 0 Å². The molecule has 0 amide bonds. The van der Waals surface area contributed by atoms with Crippen molar-refractivity contribution >= 4 is 27.1 Å². The molecule has 0 radical (unpaired) electrons. The highest BCUT2D eigenvalue weighted by Gasteiger charge is 2.31. The van der Waals surface area contributed by atoms with Gasteiger partial charge < -0.3 is 0 Å². The average molecular weight is 681 g/mol. The van der Waals surface area contributed by atoms with E-state index in [0.717, 1.165) is 12.8 Å². The Morgan fingerprint density at radius 3 is 1.75 bits per heavy atom. The molecule has 6 aromatic rings. The van der Waals surface area contributed by atoms with E-state index in [-0.39, 0.29) is 21.7 Å². The van der Waals surface area contributed by atoms with Crippen molar-refractivity contribution in [2.24, 2.45) is 5.41 Å². The molecule has 8 rings (SSSR count). The number of benzene rings is 6. The smallest absolute Gasteiger partial charge is 0.00201 e. The van der Waals surface area contributed by atoms with E-state index < -0.39 is 0 Å². The summed E-state index contributed by atoms with van der Waals surface area (Å²) in [5.74, 6) is 0. The second-order valence-corrected chi connectivity index (χ2v) is 19.8. The van der Waals surface area contributed by atoms with Crippen LogP contribution in [0.4, 0.5) is 0 Å². The van der Waals surface area contributed by atoms with E-state index in [1.165, 1.54) is 93.9 Å². The Balaban J connectivity index is 1.34. The summed E-state index contributed by atoms with van der Waals surface area (Å²) in [7, 11) is 0. The maximum atomic E-state index is 2.52. The number of rotatable bonds is 2. The lowest BCUT2D eigenvalue weighted by Crippen LogP contribution is -2.19. The summed E-state index contributed by atoms with van der Waals surface area (Å²) in [6, 6.07) is 38.3. The van der Waals surface area contributed by atoms with Gasteiger partial charge in [-0.2, -0.15) is 0 Å². The molecule has 0 heteroatoms. The van der Waals surface area contributed by atoms with Crippen LogP contribution >= 0.6 is 0 Å². The molecule has 0 aromatic heterocycles. The molecule has 0 bridgehead atoms. The van der Waals surface area contributed by atoms with E-state index in [4.69, 9.17) is 0 Å². The van der Waals surface area contributed by atoms with Crippen molar-refractivity contribution < 1.29 is 0 Å². The van der Waals surface area contributed by atoms with Crippen molar-refractivity contribution in [3.05, 3.63) is 136 Å². The van der Waals surface area contributed by atoms with E-state index in [1.807, 2.05) is 0 Å². The molecule has 0 nitrogen and oxygen atoms in total. The van der Waals surface area contributed by atoms with Gasteiger partial charge in [-0.05, 0) is 134 Å². The number of hydrogen-bond acceptors (Lipinski definition) is 0. The molecule has 0 N–H and O–H groups in total. The van der Waals surface area contributed by atoms with Gasteiger partial charge in [0.05, 0.1) is 0 Å². The Morgan fingerprint density at radius 2 is 1.06 bits per heavy atom. The van der Waals surface area contributed by atoms with Gasteiger partial charge in [-0.25, -0.2) is 0 Å². The van der Waals surface area contributed by atoms with E-state index in [9.17, 15) is 0 Å². The first-order valence-corrected chi connectivity index (χ1v) is 19.5. The zero-order chi connectivity index (χ0) is 37.1. The maximum Gasteiger partial charge on any atom is -0.00201 e. The van der Waals surface area contributed by atoms with E-state index >= 15 is 0 Å². The van der Waals surface area contributed by atoms with Crippen LogP contribution in [0.5, 0.6) is 0 Å². The standard InChI is InChI=1S/C52H56/c1-49(2,3)34-19-22-36-31(28-34)17-26-44(51(7,8)9)46(36)33-16-21-38-41-24-25-42(39-14-13-15-40(47(39)41)43(38)30-33)48-37-23-20-35(50(4,5)6)29-32(37)18-27-45(48)52(10,11)12/h13-16,18-25,27-30H,17,26H2,1-12H3. The van der Waals surface area contributed by atoms with Crippen LogP contribution in [0, 0.1) is 5.41 Å². The molecule has 0 spiro atoms. The third-order valence-electron chi connectivity index (χ3n) is 12.0. The summed E-state index contributed by atoms with van der Waals surface area (Å²) >= 11 is 0. The predicted octanol–water partition coefficient (Wildman–Crippen LogP) is 15.0. The first-order chi connectivity index (χ1) is 24.3. The topological polar surface area (TPSA) is 0 Å². The molecule has 0 saturated carbocycles. The third-order valence-corrected chi connectivity index (χ3v) is 12.0. The lowest BCUT2D eigenvalue weighted by atomic mass is 9.71. The number of fused-ring (bicyclic) bond motifs is 5. The Labute approximate surface area is 313 Å². The van der Waals surface area contributed by atoms with Gasteiger partial charge in [0, 0.05) is 0 Å². The molecule has 52 heavy (non-hydrogen) atoms. The molecule has 0 heterocycles. The van der Waals surface area contributed by atoms with Gasteiger partial charge in [-0.3, -0.25) is 0 Å². The summed E-state index contributed by atoms with van der Waals surface area (Å²) in [5.41, 5.74) is 19.9. The summed E-state index contributed by atoms with van der Waals surface area (Å²) in [6.07, 6.45) is 2.21. The van der Waals surface area contributed by atoms with Gasteiger partial charge in [0.2, 0.25) is 0 Å². The fourth-order valence-corrected chi connectivity index (χ4v) is 9.08. The third kappa shape index (κ3) is 5.57. The molecule has 2 aliphatic carbocycles. The van der Waals surface area contributed by atoms with Gasteiger partial charge in [0.25, 0.3) is 0 Å². The van der Waals surface area contributed by atoms with Gasteiger partial charge in [-0.1, -0.05) is 180 Å². The Bertz CT molecular complexity index is 2470. The molecule has 0 aliphatic heterocycles. The summed E-state index contributed by atoms with van der Waals surface area (Å²) < 4.78 is 0. The van der Waals surface area contributed by atoms with Crippen LogP contribution in [-0.2, 0) is 22.7 Å². The highest BCUT2D eigenvalue weighted by atomic mass is 14.4. The van der Waals surface area contributed by atoms with Gasteiger partial charge in [0.1, 0.15) is 0 Å². The zero-order valence-corrected chi connectivity index (χ0v) is 33.7. The van der Waals surface area contributed by atoms with Gasteiger partial charge >= 0.3 is 0 Å². The van der Waals surface area contributed by atoms with E-state index in [2.05, 4.69) is 180 Å². The van der Waals surface area contributed by atoms with Crippen LogP contribution in [0.1, 0.15) is 123 Å². The second kappa shape index (κ2) is 11.5. The van der Waals surface area contributed by atoms with Crippen LogP contribution in [-0.4, -0.2) is 0 Å². The first-order valence-electron chi connectivity index (χ1n) is 19.5. The van der Waals surface area contributed by atoms with E-state index in [0.29, 0.717) is 0 Å². The minimum absolute atomic E-state index is 0.00467. The largest absolute Gasteiger partial charge is 0.0610 e. The lowest BCUT2D eigenvalue weighted by Gasteiger charge is -2.33. The average Bonchev–Trinajstić information content (AvgIpc) is 3.39. The summed E-state index contributed by atoms with van der Waals surface area (Å²) in [6.45, 7) is 28.1. The highest BCUT2D eigenvalue weighted by molar-refractivity contribution is 6.20. The Morgan fingerprint density at radius 1 is 0.423 bits per heavy atom. The quantitative estimate of drug-likeness (QED) is 0.170. The fraction of sp³-hybridized carbons (Fsp3) is 0.346. The Kier molecular flexibility index (Phi) is 7.69. The van der Waals surface area contributed by atoms with Crippen LogP contribution in [0.25, 0.3) is 60.5 Å². The molecule has 0 fully saturated rings. The molecule has 6 aromatic carbocycles. The molecule has 0 atom stereocenters. The van der Waals surface area contributed by atoms with Crippen molar-refractivity contribution in [2.45, 2.75) is 112 Å². The highest BCUT2D eigenvalue weighted by Crippen LogP contribution is 2.53. The maximum absolute atomic E-state index is 2.52. The van der Waals surface area contributed by atoms with E-state index in [1.54, 1.807) is 5.57 Å². The van der Waals surface area contributed by atoms with Crippen LogP contribution in [0.2, 0.25) is 0 Å². The number of hydrogen-bond donors (Lipinski definition) is 0. The molecule has 0 unspecified atom stereocenters. The summed E-state index contributed by atoms with van der Waals surface area (Å²) in [4.78, 5) is 0. The minimum Gasteiger partial charge on any atom is -0.0610 e. The number of allylic oxidation sites excluding steroid dienone is 1. The molecule has 2 aliphatic rings. The minimum atomic E-state index is -0.00467. The second-order valence-electron chi connectivity index (χ2n) is 19.8. The van der Waals surface area contributed by atoms with Gasteiger partial charge in [-0.15, -0.1) is 0 Å². The normalized spacial score (nSPS) is 14.7. The molecule has 0 saturated heterocycles. The van der Waals surface area contributed by atoms with Crippen molar-refractivity contribution in [2.75, 3.05) is 0 Å². The first kappa shape index (κ1) is 34.7.